The summed E-state index contributed by atoms with van der Waals surface area (Å²) in [5.41, 5.74) is 4.17. The Morgan fingerprint density at radius 2 is 1.95 bits per heavy atom. The van der Waals surface area contributed by atoms with Gasteiger partial charge in [-0.1, -0.05) is 19.3 Å². The number of fused-ring (bicyclic) bond motifs is 1. The molecule has 1 aliphatic carbocycles. The Hall–Kier alpha value is -2.24. The highest BCUT2D eigenvalue weighted by molar-refractivity contribution is 5.99. The van der Waals surface area contributed by atoms with Gasteiger partial charge >= 0.3 is 6.03 Å². The Bertz CT molecular complexity index is 580. The third-order valence-electron chi connectivity index (χ3n) is 4.06. The van der Waals surface area contributed by atoms with Crippen LogP contribution in [0.1, 0.15) is 44.6 Å². The maximum absolute atomic E-state index is 11.9. The van der Waals surface area contributed by atoms with Crippen LogP contribution in [0.5, 0.6) is 11.5 Å². The highest BCUT2D eigenvalue weighted by Crippen LogP contribution is 2.32. The van der Waals surface area contributed by atoms with Gasteiger partial charge in [0, 0.05) is 11.6 Å². The monoisotopic (exact) mass is 303 g/mol. The fourth-order valence-electron chi connectivity index (χ4n) is 2.79. The fraction of sp³-hybridized carbons (Fsp3) is 0.500. The quantitative estimate of drug-likeness (QED) is 0.666. The van der Waals surface area contributed by atoms with Gasteiger partial charge in [0.2, 0.25) is 6.79 Å². The maximum Gasteiger partial charge on any atom is 0.335 e. The van der Waals surface area contributed by atoms with E-state index in [4.69, 9.17) is 9.47 Å². The van der Waals surface area contributed by atoms with Crippen molar-refractivity contribution >= 4 is 11.7 Å². The number of carbonyl (C=O) groups excluding carboxylic acids is 1. The maximum atomic E-state index is 11.9. The van der Waals surface area contributed by atoms with E-state index in [1.165, 1.54) is 19.3 Å². The van der Waals surface area contributed by atoms with Crippen LogP contribution in [-0.4, -0.2) is 24.6 Å². The average molecular weight is 303 g/mol. The Kier molecular flexibility index (Phi) is 4.46. The van der Waals surface area contributed by atoms with E-state index in [0.717, 1.165) is 29.9 Å². The van der Waals surface area contributed by atoms with Crippen LogP contribution in [-0.2, 0) is 0 Å². The summed E-state index contributed by atoms with van der Waals surface area (Å²) in [6.07, 6.45) is 5.74. The smallest absolute Gasteiger partial charge is 0.335 e. The van der Waals surface area contributed by atoms with Gasteiger partial charge in [-0.25, -0.2) is 10.2 Å². The summed E-state index contributed by atoms with van der Waals surface area (Å²) < 4.78 is 10.6. The zero-order chi connectivity index (χ0) is 15.4. The van der Waals surface area contributed by atoms with Crippen molar-refractivity contribution in [3.8, 4) is 11.5 Å². The van der Waals surface area contributed by atoms with Gasteiger partial charge in [0.05, 0.1) is 5.71 Å². The second kappa shape index (κ2) is 6.68. The van der Waals surface area contributed by atoms with Crippen LogP contribution in [0.15, 0.2) is 23.3 Å². The van der Waals surface area contributed by atoms with Crippen molar-refractivity contribution in [2.24, 2.45) is 5.10 Å². The second-order valence-electron chi connectivity index (χ2n) is 5.69. The predicted octanol–water partition coefficient (Wildman–Crippen LogP) is 2.77. The molecule has 1 fully saturated rings. The minimum atomic E-state index is -0.244. The first kappa shape index (κ1) is 14.7. The molecule has 0 aromatic heterocycles. The topological polar surface area (TPSA) is 72.0 Å². The fourth-order valence-corrected chi connectivity index (χ4v) is 2.79. The Labute approximate surface area is 129 Å². The molecule has 0 radical (unpaired) electrons. The molecule has 2 aliphatic rings. The minimum Gasteiger partial charge on any atom is -0.454 e. The summed E-state index contributed by atoms with van der Waals surface area (Å²) in [4.78, 5) is 11.9. The summed E-state index contributed by atoms with van der Waals surface area (Å²) in [7, 11) is 0. The number of rotatable bonds is 3. The number of carbonyl (C=O) groups is 1. The first-order valence-corrected chi connectivity index (χ1v) is 7.73. The summed E-state index contributed by atoms with van der Waals surface area (Å²) in [5, 5.41) is 7.11. The molecule has 1 heterocycles. The molecule has 0 bridgehead atoms. The molecule has 118 valence electrons. The lowest BCUT2D eigenvalue weighted by Gasteiger charge is -2.22. The van der Waals surface area contributed by atoms with E-state index in [-0.39, 0.29) is 18.9 Å². The van der Waals surface area contributed by atoms with E-state index < -0.39 is 0 Å². The van der Waals surface area contributed by atoms with Gasteiger partial charge < -0.3 is 14.8 Å². The van der Waals surface area contributed by atoms with Crippen molar-refractivity contribution in [1.29, 1.82) is 0 Å². The van der Waals surface area contributed by atoms with Gasteiger partial charge in [0.25, 0.3) is 0 Å². The molecule has 1 aliphatic heterocycles. The van der Waals surface area contributed by atoms with E-state index in [9.17, 15) is 4.79 Å². The number of hydrogen-bond donors (Lipinski definition) is 2. The van der Waals surface area contributed by atoms with Crippen LogP contribution >= 0.6 is 0 Å². The molecular weight excluding hydrogens is 282 g/mol. The molecule has 2 amide bonds. The number of ether oxygens (including phenoxy) is 2. The molecule has 1 aromatic rings. The van der Waals surface area contributed by atoms with Crippen molar-refractivity contribution in [2.45, 2.75) is 45.1 Å². The number of nitrogens with one attached hydrogen (secondary N) is 2. The summed E-state index contributed by atoms with van der Waals surface area (Å²) in [6.45, 7) is 2.09. The number of hydrogen-bond acceptors (Lipinski definition) is 4. The van der Waals surface area contributed by atoms with Crippen molar-refractivity contribution in [2.75, 3.05) is 6.79 Å². The van der Waals surface area contributed by atoms with E-state index in [1.54, 1.807) is 0 Å². The highest BCUT2D eigenvalue weighted by atomic mass is 16.7. The normalized spacial score (nSPS) is 18.1. The van der Waals surface area contributed by atoms with E-state index >= 15 is 0 Å². The number of hydrazone groups is 1. The molecule has 1 aromatic carbocycles. The Morgan fingerprint density at radius 1 is 1.18 bits per heavy atom. The molecule has 0 spiro atoms. The molecule has 0 unspecified atom stereocenters. The summed E-state index contributed by atoms with van der Waals surface area (Å²) in [5.74, 6) is 1.44. The van der Waals surface area contributed by atoms with E-state index in [0.29, 0.717) is 5.75 Å². The van der Waals surface area contributed by atoms with Gasteiger partial charge in [-0.3, -0.25) is 0 Å². The minimum absolute atomic E-state index is 0.244. The summed E-state index contributed by atoms with van der Waals surface area (Å²) in [6, 6.07) is 5.63. The van der Waals surface area contributed by atoms with Gasteiger partial charge in [0.15, 0.2) is 11.5 Å². The lowest BCUT2D eigenvalue weighted by atomic mass is 9.96. The van der Waals surface area contributed by atoms with Gasteiger partial charge in [-0.2, -0.15) is 5.10 Å². The van der Waals surface area contributed by atoms with Crippen molar-refractivity contribution in [1.82, 2.24) is 10.7 Å². The van der Waals surface area contributed by atoms with Crippen molar-refractivity contribution in [3.05, 3.63) is 23.8 Å². The first-order valence-electron chi connectivity index (χ1n) is 7.73. The SMILES string of the molecule is C/C(=N\NC(=O)NC1CCCCC1)c1ccc2c(c1)OCO2. The molecule has 6 heteroatoms. The van der Waals surface area contributed by atoms with E-state index in [2.05, 4.69) is 15.8 Å². The molecule has 1 saturated carbocycles. The lowest BCUT2D eigenvalue weighted by molar-refractivity contribution is 0.174. The second-order valence-corrected chi connectivity index (χ2v) is 5.69. The first-order chi connectivity index (χ1) is 10.7. The standard InChI is InChI=1S/C16H21N3O3/c1-11(12-7-8-14-15(9-12)22-10-21-14)18-19-16(20)17-13-5-3-2-4-6-13/h7-9,13H,2-6,10H2,1H3,(H2,17,19,20)/b18-11+. The third kappa shape index (κ3) is 3.50. The largest absolute Gasteiger partial charge is 0.454 e. The van der Waals surface area contributed by atoms with Crippen LogP contribution in [0.25, 0.3) is 0 Å². The Balaban J connectivity index is 1.56. The third-order valence-corrected chi connectivity index (χ3v) is 4.06. The highest BCUT2D eigenvalue weighted by Gasteiger charge is 2.16. The van der Waals surface area contributed by atoms with E-state index in [1.807, 2.05) is 25.1 Å². The van der Waals surface area contributed by atoms with Gasteiger partial charge in [-0.15, -0.1) is 0 Å². The lowest BCUT2D eigenvalue weighted by Crippen LogP contribution is -2.41. The number of urea groups is 1. The van der Waals surface area contributed by atoms with Gasteiger partial charge in [-0.05, 0) is 38.0 Å². The summed E-state index contributed by atoms with van der Waals surface area (Å²) >= 11 is 0. The Morgan fingerprint density at radius 3 is 2.77 bits per heavy atom. The molecule has 2 N–H and O–H groups in total. The predicted molar refractivity (Wildman–Crippen MR) is 83.3 cm³/mol. The van der Waals surface area contributed by atoms with Crippen LogP contribution in [0.4, 0.5) is 4.79 Å². The van der Waals surface area contributed by atoms with Gasteiger partial charge in [0.1, 0.15) is 0 Å². The van der Waals surface area contributed by atoms with Crippen LogP contribution in [0.2, 0.25) is 0 Å². The molecule has 0 atom stereocenters. The van der Waals surface area contributed by atoms with Crippen LogP contribution in [0, 0.1) is 0 Å². The average Bonchev–Trinajstić information content (AvgIpc) is 3.01. The molecule has 6 nitrogen and oxygen atoms in total. The number of benzene rings is 1. The molecule has 22 heavy (non-hydrogen) atoms. The zero-order valence-electron chi connectivity index (χ0n) is 12.7. The zero-order valence-corrected chi connectivity index (χ0v) is 12.7. The number of amides is 2. The molecule has 3 rings (SSSR count). The van der Waals surface area contributed by atoms with Crippen molar-refractivity contribution < 1.29 is 14.3 Å². The van der Waals surface area contributed by atoms with Crippen LogP contribution < -0.4 is 20.2 Å². The molecule has 0 saturated heterocycles. The van der Waals surface area contributed by atoms with Crippen molar-refractivity contribution in [3.63, 3.8) is 0 Å². The molecular formula is C16H21N3O3. The number of nitrogens with zero attached hydrogens (tertiary/aromatic N) is 1. The van der Waals surface area contributed by atoms with Crippen LogP contribution in [0.3, 0.4) is 0 Å².